The van der Waals surface area contributed by atoms with Gasteiger partial charge < -0.3 is 10.2 Å². The topological polar surface area (TPSA) is 49.4 Å². The van der Waals surface area contributed by atoms with Crippen LogP contribution in [-0.4, -0.2) is 47.9 Å². The van der Waals surface area contributed by atoms with E-state index in [1.807, 2.05) is 11.8 Å². The van der Waals surface area contributed by atoms with E-state index in [-0.39, 0.29) is 24.4 Å². The molecule has 1 aliphatic carbocycles. The first-order chi connectivity index (χ1) is 8.72. The van der Waals surface area contributed by atoms with Crippen LogP contribution in [0.2, 0.25) is 0 Å². The highest BCUT2D eigenvalue weighted by molar-refractivity contribution is 7.98. The summed E-state index contributed by atoms with van der Waals surface area (Å²) in [5.41, 5.74) is 0. The van der Waals surface area contributed by atoms with E-state index in [1.165, 1.54) is 12.2 Å². The predicted molar refractivity (Wildman–Crippen MR) is 73.5 cm³/mol. The number of rotatable bonds is 7. The zero-order valence-corrected chi connectivity index (χ0v) is 11.8. The normalized spacial score (nSPS) is 24.3. The Morgan fingerprint density at radius 3 is 2.72 bits per heavy atom. The minimum Gasteiger partial charge on any atom is -0.342 e. The Balaban J connectivity index is 1.75. The van der Waals surface area contributed by atoms with Crippen LogP contribution in [0.1, 0.15) is 32.1 Å². The summed E-state index contributed by atoms with van der Waals surface area (Å²) in [6, 6.07) is -0.225. The van der Waals surface area contributed by atoms with E-state index in [1.54, 1.807) is 4.90 Å². The first kappa shape index (κ1) is 13.7. The van der Waals surface area contributed by atoms with Gasteiger partial charge in [-0.1, -0.05) is 6.42 Å². The lowest BCUT2D eigenvalue weighted by atomic mass is 10.1. The van der Waals surface area contributed by atoms with Gasteiger partial charge in [-0.3, -0.25) is 9.59 Å². The summed E-state index contributed by atoms with van der Waals surface area (Å²) in [4.78, 5) is 25.5. The minimum atomic E-state index is -0.225. The summed E-state index contributed by atoms with van der Waals surface area (Å²) in [7, 11) is 0. The van der Waals surface area contributed by atoms with Crippen LogP contribution in [0.5, 0.6) is 0 Å². The molecular weight excluding hydrogens is 248 g/mol. The molecule has 0 aromatic heterocycles. The molecule has 1 N–H and O–H groups in total. The van der Waals surface area contributed by atoms with Crippen LogP contribution in [0.25, 0.3) is 0 Å². The lowest BCUT2D eigenvalue weighted by molar-refractivity contribution is -0.144. The van der Waals surface area contributed by atoms with Gasteiger partial charge in [0.25, 0.3) is 0 Å². The molecule has 18 heavy (non-hydrogen) atoms. The average Bonchev–Trinajstić information content (AvgIpc) is 3.17. The first-order valence-corrected chi connectivity index (χ1v) is 8.19. The summed E-state index contributed by atoms with van der Waals surface area (Å²) in [6.07, 6.45) is 7.62. The average molecular weight is 270 g/mol. The van der Waals surface area contributed by atoms with Crippen molar-refractivity contribution in [2.24, 2.45) is 5.92 Å². The summed E-state index contributed by atoms with van der Waals surface area (Å²) < 4.78 is 0. The summed E-state index contributed by atoms with van der Waals surface area (Å²) >= 11 is 1.86. The van der Waals surface area contributed by atoms with Crippen molar-refractivity contribution in [3.05, 3.63) is 0 Å². The van der Waals surface area contributed by atoms with Crippen molar-refractivity contribution in [1.82, 2.24) is 10.2 Å². The number of hydrogen-bond donors (Lipinski definition) is 1. The van der Waals surface area contributed by atoms with Crippen LogP contribution >= 0.6 is 11.8 Å². The van der Waals surface area contributed by atoms with Gasteiger partial charge >= 0.3 is 0 Å². The van der Waals surface area contributed by atoms with Gasteiger partial charge in [-0.25, -0.2) is 0 Å². The van der Waals surface area contributed by atoms with Gasteiger partial charge in [-0.05, 0) is 43.6 Å². The van der Waals surface area contributed by atoms with Crippen molar-refractivity contribution >= 4 is 23.6 Å². The Labute approximate surface area is 113 Å². The number of carbonyl (C=O) groups excluding carboxylic acids is 2. The van der Waals surface area contributed by atoms with Crippen LogP contribution in [-0.2, 0) is 9.59 Å². The van der Waals surface area contributed by atoms with Gasteiger partial charge in [0.05, 0.1) is 6.54 Å². The molecule has 1 unspecified atom stereocenters. The molecule has 0 aromatic rings. The maximum atomic E-state index is 12.2. The monoisotopic (exact) mass is 270 g/mol. The molecule has 0 aromatic carbocycles. The van der Waals surface area contributed by atoms with Crippen LogP contribution in [0, 0.1) is 5.92 Å². The largest absolute Gasteiger partial charge is 0.342 e. The van der Waals surface area contributed by atoms with Gasteiger partial charge in [0.1, 0.15) is 6.04 Å². The second-order valence-electron chi connectivity index (χ2n) is 5.20. The molecule has 2 amide bonds. The molecule has 0 bridgehead atoms. The van der Waals surface area contributed by atoms with Crippen LogP contribution in [0.4, 0.5) is 0 Å². The van der Waals surface area contributed by atoms with E-state index in [0.717, 1.165) is 32.2 Å². The quantitative estimate of drug-likeness (QED) is 0.709. The van der Waals surface area contributed by atoms with E-state index < -0.39 is 0 Å². The third-order valence-electron chi connectivity index (χ3n) is 3.60. The van der Waals surface area contributed by atoms with Crippen molar-refractivity contribution < 1.29 is 9.59 Å². The minimum absolute atomic E-state index is 0.00983. The maximum absolute atomic E-state index is 12.2. The van der Waals surface area contributed by atoms with Crippen LogP contribution < -0.4 is 5.32 Å². The number of hydrogen-bond acceptors (Lipinski definition) is 3. The highest BCUT2D eigenvalue weighted by Gasteiger charge is 2.42. The predicted octanol–water partition coefficient (Wildman–Crippen LogP) is 1.26. The maximum Gasteiger partial charge on any atom is 0.245 e. The van der Waals surface area contributed by atoms with Gasteiger partial charge in [-0.15, -0.1) is 0 Å². The lowest BCUT2D eigenvalue weighted by Crippen LogP contribution is -2.58. The highest BCUT2D eigenvalue weighted by atomic mass is 32.2. The smallest absolute Gasteiger partial charge is 0.245 e. The van der Waals surface area contributed by atoms with E-state index in [9.17, 15) is 9.59 Å². The Bertz CT molecular complexity index is 318. The molecule has 1 saturated carbocycles. The van der Waals surface area contributed by atoms with Gasteiger partial charge in [-0.2, -0.15) is 11.8 Å². The van der Waals surface area contributed by atoms with Crippen molar-refractivity contribution in [2.75, 3.05) is 25.1 Å². The third-order valence-corrected chi connectivity index (χ3v) is 4.30. The lowest BCUT2D eigenvalue weighted by Gasteiger charge is -2.32. The Morgan fingerprint density at radius 2 is 2.06 bits per heavy atom. The van der Waals surface area contributed by atoms with E-state index in [2.05, 4.69) is 11.6 Å². The molecule has 1 saturated heterocycles. The van der Waals surface area contributed by atoms with Crippen molar-refractivity contribution in [1.29, 1.82) is 0 Å². The van der Waals surface area contributed by atoms with Gasteiger partial charge in [0.2, 0.25) is 11.8 Å². The van der Waals surface area contributed by atoms with E-state index in [4.69, 9.17) is 0 Å². The fourth-order valence-corrected chi connectivity index (χ4v) is 2.89. The van der Waals surface area contributed by atoms with Crippen molar-refractivity contribution in [3.63, 3.8) is 0 Å². The number of thioether (sulfide) groups is 1. The molecule has 2 aliphatic rings. The molecule has 5 heteroatoms. The summed E-state index contributed by atoms with van der Waals surface area (Å²) in [5.74, 6) is 1.73. The number of amides is 2. The Hall–Kier alpha value is -0.710. The number of carbonyl (C=O) groups is 2. The zero-order valence-electron chi connectivity index (χ0n) is 11.0. The molecule has 0 radical (unpaired) electrons. The van der Waals surface area contributed by atoms with E-state index >= 15 is 0 Å². The molecule has 1 aliphatic heterocycles. The number of unbranched alkanes of at least 4 members (excludes halogenated alkanes) is 2. The standard InChI is InChI=1S/C13H22N2O2S/c1-18-8-4-2-3-7-15-9-11(16)14-12(13(15)17)10-5-6-10/h10,12H,2-9H2,1H3,(H,14,16). The molecule has 102 valence electrons. The second-order valence-corrected chi connectivity index (χ2v) is 6.18. The molecule has 1 atom stereocenters. The molecule has 2 rings (SSSR count). The Kier molecular flexibility index (Phi) is 4.92. The fourth-order valence-electron chi connectivity index (χ4n) is 2.39. The number of piperazine rings is 1. The second kappa shape index (κ2) is 6.45. The third kappa shape index (κ3) is 3.64. The number of nitrogens with zero attached hydrogens (tertiary/aromatic N) is 1. The zero-order chi connectivity index (χ0) is 13.0. The Morgan fingerprint density at radius 1 is 1.28 bits per heavy atom. The summed E-state index contributed by atoms with van der Waals surface area (Å²) in [6.45, 7) is 0.994. The van der Waals surface area contributed by atoms with E-state index in [0.29, 0.717) is 5.92 Å². The fraction of sp³-hybridized carbons (Fsp3) is 0.846. The molecule has 1 heterocycles. The number of nitrogens with one attached hydrogen (secondary N) is 1. The molecule has 2 fully saturated rings. The molecule has 4 nitrogen and oxygen atoms in total. The van der Waals surface area contributed by atoms with Crippen LogP contribution in [0.15, 0.2) is 0 Å². The summed E-state index contributed by atoms with van der Waals surface area (Å²) in [5, 5.41) is 2.84. The van der Waals surface area contributed by atoms with Crippen molar-refractivity contribution in [2.45, 2.75) is 38.1 Å². The first-order valence-electron chi connectivity index (χ1n) is 6.79. The highest BCUT2D eigenvalue weighted by Crippen LogP contribution is 2.34. The van der Waals surface area contributed by atoms with Gasteiger partial charge in [0, 0.05) is 6.54 Å². The molecular formula is C13H22N2O2S. The van der Waals surface area contributed by atoms with Crippen LogP contribution in [0.3, 0.4) is 0 Å². The molecule has 0 spiro atoms. The van der Waals surface area contributed by atoms with Crippen molar-refractivity contribution in [3.8, 4) is 0 Å². The van der Waals surface area contributed by atoms with Gasteiger partial charge in [0.15, 0.2) is 0 Å². The SMILES string of the molecule is CSCCCCCN1CC(=O)NC(C2CC2)C1=O.